The summed E-state index contributed by atoms with van der Waals surface area (Å²) in [7, 11) is 0. The third-order valence-corrected chi connectivity index (χ3v) is 4.62. The van der Waals surface area contributed by atoms with Crippen LogP contribution < -0.4 is 0 Å². The first-order valence-electron chi connectivity index (χ1n) is 5.63. The molecule has 0 radical (unpaired) electrons. The number of rotatable bonds is 3. The van der Waals surface area contributed by atoms with E-state index in [1.165, 1.54) is 29.1 Å². The summed E-state index contributed by atoms with van der Waals surface area (Å²) in [5, 5.41) is 10.3. The number of nitrogens with zero attached hydrogens (tertiary/aromatic N) is 2. The number of hydrogen-bond donors (Lipinski definition) is 0. The molecule has 0 saturated heterocycles. The lowest BCUT2D eigenvalue weighted by Crippen LogP contribution is -2.07. The Kier molecular flexibility index (Phi) is 3.06. The van der Waals surface area contributed by atoms with Crippen LogP contribution in [0.1, 0.15) is 60.0 Å². The monoisotopic (exact) mass is 220 g/mol. The zero-order valence-electron chi connectivity index (χ0n) is 9.29. The van der Waals surface area contributed by atoms with Crippen molar-refractivity contribution in [3.05, 3.63) is 15.6 Å². The predicted octanol–water partition coefficient (Wildman–Crippen LogP) is 3.74. The van der Waals surface area contributed by atoms with E-state index in [0.29, 0.717) is 5.92 Å². The second-order valence-electron chi connectivity index (χ2n) is 4.22. The molecule has 2 nitrogen and oxygen atoms in total. The van der Waals surface area contributed by atoms with Crippen LogP contribution in [-0.2, 0) is 0 Å². The molecule has 1 fully saturated rings. The van der Waals surface area contributed by atoms with Crippen LogP contribution in [0.4, 0.5) is 0 Å². The van der Waals surface area contributed by atoms with Crippen LogP contribution in [-0.4, -0.2) is 4.98 Å². The topological polar surface area (TPSA) is 36.7 Å². The lowest BCUT2D eigenvalue weighted by atomic mass is 9.86. The summed E-state index contributed by atoms with van der Waals surface area (Å²) in [6, 6.07) is 2.37. The highest BCUT2D eigenvalue weighted by atomic mass is 32.1. The molecule has 1 saturated carbocycles. The molecule has 0 aliphatic heterocycles. The van der Waals surface area contributed by atoms with Gasteiger partial charge in [0, 0.05) is 10.8 Å². The molecule has 0 aromatic carbocycles. The minimum Gasteiger partial charge on any atom is -0.246 e. The molecule has 0 amide bonds. The van der Waals surface area contributed by atoms with Gasteiger partial charge >= 0.3 is 0 Å². The van der Waals surface area contributed by atoms with Crippen molar-refractivity contribution in [2.75, 3.05) is 0 Å². The van der Waals surface area contributed by atoms with Crippen LogP contribution in [0.25, 0.3) is 0 Å². The molecule has 1 aromatic rings. The van der Waals surface area contributed by atoms with Crippen LogP contribution in [0.5, 0.6) is 0 Å². The maximum atomic E-state index is 9.05. The Balaban J connectivity index is 2.24. The second-order valence-corrected chi connectivity index (χ2v) is 5.28. The summed E-state index contributed by atoms with van der Waals surface area (Å²) < 4.78 is 0. The third-order valence-electron chi connectivity index (χ3n) is 3.18. The van der Waals surface area contributed by atoms with Gasteiger partial charge in [-0.3, -0.25) is 0 Å². The Morgan fingerprint density at radius 1 is 1.60 bits per heavy atom. The first-order chi connectivity index (χ1) is 7.26. The first-order valence-corrected chi connectivity index (χ1v) is 6.44. The van der Waals surface area contributed by atoms with Crippen LogP contribution in [0, 0.1) is 18.3 Å². The van der Waals surface area contributed by atoms with Crippen LogP contribution in [0.15, 0.2) is 0 Å². The molecule has 3 heteroatoms. The summed E-state index contributed by atoms with van der Waals surface area (Å²) in [6.45, 7) is 4.10. The van der Waals surface area contributed by atoms with Crippen molar-refractivity contribution in [1.29, 1.82) is 5.26 Å². The Morgan fingerprint density at radius 2 is 2.33 bits per heavy atom. The number of hydrogen-bond acceptors (Lipinski definition) is 3. The van der Waals surface area contributed by atoms with Crippen molar-refractivity contribution >= 4 is 11.3 Å². The molecule has 1 unspecified atom stereocenters. The van der Waals surface area contributed by atoms with Crippen molar-refractivity contribution in [2.45, 2.75) is 51.4 Å². The van der Waals surface area contributed by atoms with Crippen molar-refractivity contribution < 1.29 is 0 Å². The Bertz CT molecular complexity index is 385. The number of aryl methyl sites for hydroxylation is 1. The molecule has 80 valence electrons. The zero-order valence-corrected chi connectivity index (χ0v) is 10.1. The maximum Gasteiger partial charge on any atom is 0.0962 e. The van der Waals surface area contributed by atoms with Gasteiger partial charge in [-0.15, -0.1) is 11.3 Å². The first kappa shape index (κ1) is 10.6. The van der Waals surface area contributed by atoms with Gasteiger partial charge in [-0.2, -0.15) is 5.26 Å². The van der Waals surface area contributed by atoms with Gasteiger partial charge in [0.15, 0.2) is 0 Å². The highest BCUT2D eigenvalue weighted by Gasteiger charge is 2.25. The molecule has 0 N–H and O–H groups in total. The van der Waals surface area contributed by atoms with Crippen molar-refractivity contribution in [2.24, 2.45) is 0 Å². The van der Waals surface area contributed by atoms with E-state index in [2.05, 4.69) is 18.0 Å². The van der Waals surface area contributed by atoms with Gasteiger partial charge in [-0.05, 0) is 26.2 Å². The quantitative estimate of drug-likeness (QED) is 0.778. The van der Waals surface area contributed by atoms with Crippen LogP contribution >= 0.6 is 11.3 Å². The molecule has 1 atom stereocenters. The average molecular weight is 220 g/mol. The number of aromatic nitrogens is 1. The van der Waals surface area contributed by atoms with E-state index in [-0.39, 0.29) is 5.92 Å². The molecule has 1 aliphatic rings. The Morgan fingerprint density at radius 3 is 2.80 bits per heavy atom. The van der Waals surface area contributed by atoms with E-state index in [4.69, 9.17) is 5.26 Å². The minimum absolute atomic E-state index is 0.0522. The highest BCUT2D eigenvalue weighted by molar-refractivity contribution is 7.12. The largest absolute Gasteiger partial charge is 0.246 e. The summed E-state index contributed by atoms with van der Waals surface area (Å²) >= 11 is 1.77. The van der Waals surface area contributed by atoms with Crippen molar-refractivity contribution in [1.82, 2.24) is 4.98 Å². The number of nitriles is 1. The molecule has 0 bridgehead atoms. The molecule has 1 aromatic heterocycles. The van der Waals surface area contributed by atoms with Crippen LogP contribution in [0.2, 0.25) is 0 Å². The van der Waals surface area contributed by atoms with Gasteiger partial charge in [0.2, 0.25) is 0 Å². The normalized spacial score (nSPS) is 18.2. The van der Waals surface area contributed by atoms with Crippen LogP contribution in [0.3, 0.4) is 0 Å². The van der Waals surface area contributed by atoms with Gasteiger partial charge < -0.3 is 0 Å². The highest BCUT2D eigenvalue weighted by Crippen LogP contribution is 2.40. The fourth-order valence-electron chi connectivity index (χ4n) is 1.92. The fraction of sp³-hybridized carbons (Fsp3) is 0.667. The van der Waals surface area contributed by atoms with E-state index in [1.807, 2.05) is 6.92 Å². The lowest BCUT2D eigenvalue weighted by Gasteiger charge is -2.22. The van der Waals surface area contributed by atoms with Crippen molar-refractivity contribution in [3.63, 3.8) is 0 Å². The Hall–Kier alpha value is -0.880. The fourth-order valence-corrected chi connectivity index (χ4v) is 3.28. The lowest BCUT2D eigenvalue weighted by molar-refractivity contribution is 0.418. The molecule has 1 aliphatic carbocycles. The minimum atomic E-state index is 0.0522. The summed E-state index contributed by atoms with van der Waals surface area (Å²) in [6.07, 6.45) is 4.81. The van der Waals surface area contributed by atoms with Crippen molar-refractivity contribution in [3.8, 4) is 6.07 Å². The second kappa shape index (κ2) is 4.32. The molecule has 1 heterocycles. The van der Waals surface area contributed by atoms with Gasteiger partial charge in [0.25, 0.3) is 0 Å². The van der Waals surface area contributed by atoms with E-state index in [9.17, 15) is 0 Å². The van der Waals surface area contributed by atoms with E-state index in [1.54, 1.807) is 11.3 Å². The van der Waals surface area contributed by atoms with E-state index >= 15 is 0 Å². The average Bonchev–Trinajstić information content (AvgIpc) is 2.47. The molecular weight excluding hydrogens is 204 g/mol. The van der Waals surface area contributed by atoms with Gasteiger partial charge in [0.1, 0.15) is 0 Å². The zero-order chi connectivity index (χ0) is 10.8. The van der Waals surface area contributed by atoms with Gasteiger partial charge in [-0.1, -0.05) is 13.3 Å². The van der Waals surface area contributed by atoms with E-state index < -0.39 is 0 Å². The summed E-state index contributed by atoms with van der Waals surface area (Å²) in [5.41, 5.74) is 1.08. The predicted molar refractivity (Wildman–Crippen MR) is 62.1 cm³/mol. The standard InChI is InChI=1S/C12H16N2S/c1-3-9(7-13)11-8(2)14-12(15-11)10-5-4-6-10/h9-10H,3-6H2,1-2H3. The summed E-state index contributed by atoms with van der Waals surface area (Å²) in [4.78, 5) is 5.81. The molecule has 15 heavy (non-hydrogen) atoms. The smallest absolute Gasteiger partial charge is 0.0962 e. The number of thiazole rings is 1. The molecule has 2 rings (SSSR count). The molecular formula is C12H16N2S. The van der Waals surface area contributed by atoms with E-state index in [0.717, 1.165) is 12.1 Å². The third kappa shape index (κ3) is 1.91. The Labute approximate surface area is 95.0 Å². The van der Waals surface area contributed by atoms with Gasteiger partial charge in [0.05, 0.1) is 22.7 Å². The SMILES string of the molecule is CCC(C#N)c1sc(C2CCC2)nc1C. The van der Waals surface area contributed by atoms with Gasteiger partial charge in [-0.25, -0.2) is 4.98 Å². The maximum absolute atomic E-state index is 9.05. The summed E-state index contributed by atoms with van der Waals surface area (Å²) in [5.74, 6) is 0.745. The molecule has 0 spiro atoms.